The second-order valence-electron chi connectivity index (χ2n) is 4.88. The van der Waals surface area contributed by atoms with Crippen LogP contribution in [0.4, 0.5) is 11.5 Å². The minimum atomic E-state index is -0.0984. The topological polar surface area (TPSA) is 54.0 Å². The Labute approximate surface area is 119 Å². The zero-order valence-electron chi connectivity index (χ0n) is 12.0. The van der Waals surface area contributed by atoms with Gasteiger partial charge in [0.2, 0.25) is 0 Å². The van der Waals surface area contributed by atoms with E-state index in [-0.39, 0.29) is 5.91 Å². The number of carbonyl (C=O) groups excluding carboxylic acids is 1. The summed E-state index contributed by atoms with van der Waals surface area (Å²) in [4.78, 5) is 16.0. The normalized spacial score (nSPS) is 10.4. The molecule has 0 saturated carbocycles. The molecule has 0 atom stereocenters. The van der Waals surface area contributed by atoms with Crippen molar-refractivity contribution >= 4 is 17.4 Å². The van der Waals surface area contributed by atoms with E-state index in [2.05, 4.69) is 35.5 Å². The molecule has 0 aliphatic heterocycles. The van der Waals surface area contributed by atoms with E-state index < -0.39 is 0 Å². The summed E-state index contributed by atoms with van der Waals surface area (Å²) in [5, 5.41) is 5.90. The van der Waals surface area contributed by atoms with Gasteiger partial charge >= 0.3 is 0 Å². The van der Waals surface area contributed by atoms with E-state index >= 15 is 0 Å². The molecule has 0 aliphatic carbocycles. The number of pyridine rings is 1. The van der Waals surface area contributed by atoms with E-state index in [1.807, 2.05) is 24.3 Å². The Kier molecular flexibility index (Phi) is 4.35. The number of rotatable bonds is 4. The summed E-state index contributed by atoms with van der Waals surface area (Å²) < 4.78 is 0. The van der Waals surface area contributed by atoms with Crippen LogP contribution in [0.5, 0.6) is 0 Å². The zero-order chi connectivity index (χ0) is 14.5. The molecule has 0 unspecified atom stereocenters. The highest BCUT2D eigenvalue weighted by Crippen LogP contribution is 2.25. The van der Waals surface area contributed by atoms with Crippen LogP contribution < -0.4 is 10.6 Å². The molecule has 20 heavy (non-hydrogen) atoms. The number of benzene rings is 1. The number of amides is 1. The van der Waals surface area contributed by atoms with Gasteiger partial charge in [-0.2, -0.15) is 0 Å². The summed E-state index contributed by atoms with van der Waals surface area (Å²) in [5.74, 6) is 1.11. The molecule has 2 N–H and O–H groups in total. The smallest absolute Gasteiger partial charge is 0.251 e. The van der Waals surface area contributed by atoms with E-state index in [4.69, 9.17) is 0 Å². The van der Waals surface area contributed by atoms with Crippen LogP contribution >= 0.6 is 0 Å². The quantitative estimate of drug-likeness (QED) is 0.895. The molecule has 0 fully saturated rings. The van der Waals surface area contributed by atoms with Crippen molar-refractivity contribution in [3.63, 3.8) is 0 Å². The lowest BCUT2D eigenvalue weighted by molar-refractivity contribution is 0.0963. The van der Waals surface area contributed by atoms with Gasteiger partial charge in [0.15, 0.2) is 0 Å². The molecule has 4 nitrogen and oxygen atoms in total. The average molecular weight is 269 g/mol. The first-order valence-electron chi connectivity index (χ1n) is 6.66. The summed E-state index contributed by atoms with van der Waals surface area (Å²) >= 11 is 0. The van der Waals surface area contributed by atoms with Crippen molar-refractivity contribution in [3.05, 3.63) is 53.7 Å². The molecule has 1 aromatic heterocycles. The molecule has 104 valence electrons. The minimum Gasteiger partial charge on any atom is -0.355 e. The van der Waals surface area contributed by atoms with E-state index in [0.29, 0.717) is 11.5 Å². The fraction of sp³-hybridized carbons (Fsp3) is 0.250. The van der Waals surface area contributed by atoms with Crippen molar-refractivity contribution in [2.24, 2.45) is 0 Å². The van der Waals surface area contributed by atoms with E-state index in [0.717, 1.165) is 17.1 Å². The molecule has 2 rings (SSSR count). The Morgan fingerprint density at radius 1 is 1.20 bits per heavy atom. The number of hydrogen-bond acceptors (Lipinski definition) is 3. The average Bonchev–Trinajstić information content (AvgIpc) is 2.47. The number of carbonyl (C=O) groups is 1. The van der Waals surface area contributed by atoms with Crippen molar-refractivity contribution in [3.8, 4) is 0 Å². The Bertz CT molecular complexity index is 608. The fourth-order valence-corrected chi connectivity index (χ4v) is 2.01. The van der Waals surface area contributed by atoms with Gasteiger partial charge < -0.3 is 10.6 Å². The maximum atomic E-state index is 11.6. The second-order valence-corrected chi connectivity index (χ2v) is 4.88. The first kappa shape index (κ1) is 14.1. The molecule has 0 spiro atoms. The third-order valence-electron chi connectivity index (χ3n) is 3.08. The second kappa shape index (κ2) is 6.19. The highest BCUT2D eigenvalue weighted by atomic mass is 16.1. The van der Waals surface area contributed by atoms with Crippen LogP contribution in [0, 0.1) is 0 Å². The molecule has 0 radical (unpaired) electrons. The Balaban J connectivity index is 2.29. The van der Waals surface area contributed by atoms with Gasteiger partial charge in [0, 0.05) is 24.5 Å². The fourth-order valence-electron chi connectivity index (χ4n) is 2.01. The predicted octanol–water partition coefficient (Wildman–Crippen LogP) is 3.31. The summed E-state index contributed by atoms with van der Waals surface area (Å²) in [6.07, 6.45) is 1.76. The first-order chi connectivity index (χ1) is 9.61. The van der Waals surface area contributed by atoms with Gasteiger partial charge in [0.05, 0.1) is 0 Å². The number of aromatic nitrogens is 1. The predicted molar refractivity (Wildman–Crippen MR) is 81.4 cm³/mol. The van der Waals surface area contributed by atoms with Gasteiger partial charge in [-0.1, -0.05) is 26.0 Å². The molecule has 1 heterocycles. The molecule has 0 aliphatic rings. The van der Waals surface area contributed by atoms with E-state index in [9.17, 15) is 4.79 Å². The van der Waals surface area contributed by atoms with Crippen molar-refractivity contribution in [1.82, 2.24) is 10.3 Å². The SMILES string of the molecule is CNC(=O)c1cccc(Nc2ncccc2C(C)C)c1. The van der Waals surface area contributed by atoms with Crippen molar-refractivity contribution in [2.45, 2.75) is 19.8 Å². The van der Waals surface area contributed by atoms with Gasteiger partial charge in [-0.05, 0) is 35.7 Å². The molecule has 0 bridgehead atoms. The maximum Gasteiger partial charge on any atom is 0.251 e. The summed E-state index contributed by atoms with van der Waals surface area (Å²) in [6.45, 7) is 4.26. The van der Waals surface area contributed by atoms with Crippen molar-refractivity contribution < 1.29 is 4.79 Å². The monoisotopic (exact) mass is 269 g/mol. The number of hydrogen-bond donors (Lipinski definition) is 2. The number of anilines is 2. The van der Waals surface area contributed by atoms with Crippen LogP contribution in [0.3, 0.4) is 0 Å². The highest BCUT2D eigenvalue weighted by molar-refractivity contribution is 5.95. The van der Waals surface area contributed by atoms with Crippen molar-refractivity contribution in [1.29, 1.82) is 0 Å². The van der Waals surface area contributed by atoms with E-state index in [1.165, 1.54) is 0 Å². The van der Waals surface area contributed by atoms with Gasteiger partial charge in [-0.25, -0.2) is 4.98 Å². The summed E-state index contributed by atoms with van der Waals surface area (Å²) in [6, 6.07) is 11.4. The first-order valence-corrected chi connectivity index (χ1v) is 6.66. The van der Waals surface area contributed by atoms with Crippen LogP contribution in [0.2, 0.25) is 0 Å². The number of nitrogens with zero attached hydrogens (tertiary/aromatic N) is 1. The van der Waals surface area contributed by atoms with Crippen LogP contribution in [0.1, 0.15) is 35.7 Å². The minimum absolute atomic E-state index is 0.0984. The lowest BCUT2D eigenvalue weighted by atomic mass is 10.0. The Morgan fingerprint density at radius 2 is 2.00 bits per heavy atom. The van der Waals surface area contributed by atoms with Gasteiger partial charge in [-0.15, -0.1) is 0 Å². The third kappa shape index (κ3) is 3.15. The van der Waals surface area contributed by atoms with Crippen LogP contribution in [-0.4, -0.2) is 17.9 Å². The maximum absolute atomic E-state index is 11.6. The van der Waals surface area contributed by atoms with Gasteiger partial charge in [0.25, 0.3) is 5.91 Å². The van der Waals surface area contributed by atoms with Crippen molar-refractivity contribution in [2.75, 3.05) is 12.4 Å². The highest BCUT2D eigenvalue weighted by Gasteiger charge is 2.08. The lowest BCUT2D eigenvalue weighted by Gasteiger charge is -2.13. The third-order valence-corrected chi connectivity index (χ3v) is 3.08. The molecule has 4 heteroatoms. The molecular weight excluding hydrogens is 250 g/mol. The van der Waals surface area contributed by atoms with Crippen LogP contribution in [0.15, 0.2) is 42.6 Å². The molecule has 1 aromatic carbocycles. The molecule has 0 saturated heterocycles. The lowest BCUT2D eigenvalue weighted by Crippen LogP contribution is -2.17. The number of nitrogens with one attached hydrogen (secondary N) is 2. The molecular formula is C16H19N3O. The van der Waals surface area contributed by atoms with Crippen LogP contribution in [0.25, 0.3) is 0 Å². The zero-order valence-corrected chi connectivity index (χ0v) is 12.0. The molecule has 1 amide bonds. The Hall–Kier alpha value is -2.36. The summed E-state index contributed by atoms with van der Waals surface area (Å²) in [7, 11) is 1.62. The largest absolute Gasteiger partial charge is 0.355 e. The standard InChI is InChI=1S/C16H19N3O/c1-11(2)14-8-5-9-18-15(14)19-13-7-4-6-12(10-13)16(20)17-3/h4-11H,1-3H3,(H,17,20)(H,18,19). The van der Waals surface area contributed by atoms with Crippen LogP contribution in [-0.2, 0) is 0 Å². The van der Waals surface area contributed by atoms with E-state index in [1.54, 1.807) is 19.3 Å². The van der Waals surface area contributed by atoms with Gasteiger partial charge in [0.1, 0.15) is 5.82 Å². The van der Waals surface area contributed by atoms with Gasteiger partial charge in [-0.3, -0.25) is 4.79 Å². The Morgan fingerprint density at radius 3 is 2.70 bits per heavy atom. The summed E-state index contributed by atoms with van der Waals surface area (Å²) in [5.41, 5.74) is 2.63. The molecule has 2 aromatic rings.